The van der Waals surface area contributed by atoms with Crippen molar-refractivity contribution in [3.63, 3.8) is 0 Å². The van der Waals surface area contributed by atoms with Crippen molar-refractivity contribution in [3.05, 3.63) is 0 Å². The molecule has 0 aromatic rings. The highest BCUT2D eigenvalue weighted by molar-refractivity contribution is 5.87. The van der Waals surface area contributed by atoms with Crippen LogP contribution in [-0.2, 0) is 14.3 Å². The van der Waals surface area contributed by atoms with E-state index in [2.05, 4.69) is 10.1 Å². The quantitative estimate of drug-likeness (QED) is 0.630. The summed E-state index contributed by atoms with van der Waals surface area (Å²) in [6.45, 7) is 3.54. The molecule has 2 atom stereocenters. The van der Waals surface area contributed by atoms with Gasteiger partial charge in [-0.25, -0.2) is 4.79 Å². The fourth-order valence-corrected chi connectivity index (χ4v) is 1.51. The second kappa shape index (κ2) is 4.18. The number of aliphatic hydroxyl groups is 1. The molecular weight excluding hydrogens is 198 g/mol. The minimum Gasteiger partial charge on any atom is -0.467 e. The summed E-state index contributed by atoms with van der Waals surface area (Å²) in [5.41, 5.74) is 0.0141. The summed E-state index contributed by atoms with van der Waals surface area (Å²) in [5, 5.41) is 11.4. The van der Waals surface area contributed by atoms with Crippen LogP contribution in [0.25, 0.3) is 0 Å². The number of hydrogen-bond acceptors (Lipinski definition) is 4. The normalized spacial score (nSPS) is 24.1. The molecule has 0 saturated heterocycles. The molecular formula is C10H17NO4. The lowest BCUT2D eigenvalue weighted by atomic mass is 10.1. The number of nitrogens with one attached hydrogen (secondary N) is 1. The van der Waals surface area contributed by atoms with Crippen LogP contribution in [0.2, 0.25) is 0 Å². The number of ether oxygens (including phenoxy) is 1. The van der Waals surface area contributed by atoms with Gasteiger partial charge in [0.1, 0.15) is 0 Å². The standard InChI is InChI=1S/C10H17NO4/c1-10(2)4-6(10)8(13)11-7(5-12)9(14)15-3/h6-7,12H,4-5H2,1-3H3,(H,11,13). The van der Waals surface area contributed by atoms with E-state index >= 15 is 0 Å². The lowest BCUT2D eigenvalue weighted by molar-refractivity contribution is -0.146. The number of hydrogen-bond donors (Lipinski definition) is 2. The molecule has 2 unspecified atom stereocenters. The maximum atomic E-state index is 11.6. The molecule has 0 spiro atoms. The molecule has 2 N–H and O–H groups in total. The Bertz CT molecular complexity index is 275. The second-order valence-electron chi connectivity index (χ2n) is 4.51. The molecule has 5 heteroatoms. The average molecular weight is 215 g/mol. The van der Waals surface area contributed by atoms with Crippen LogP contribution in [0, 0.1) is 11.3 Å². The molecule has 0 radical (unpaired) electrons. The SMILES string of the molecule is COC(=O)C(CO)NC(=O)C1CC1(C)C. The van der Waals surface area contributed by atoms with Gasteiger partial charge < -0.3 is 15.2 Å². The summed E-state index contributed by atoms with van der Waals surface area (Å²) in [6.07, 6.45) is 0.818. The number of carbonyl (C=O) groups excluding carboxylic acids is 2. The van der Waals surface area contributed by atoms with E-state index in [9.17, 15) is 9.59 Å². The smallest absolute Gasteiger partial charge is 0.330 e. The molecule has 1 fully saturated rings. The van der Waals surface area contributed by atoms with Crippen molar-refractivity contribution in [2.45, 2.75) is 26.3 Å². The van der Waals surface area contributed by atoms with Crippen LogP contribution < -0.4 is 5.32 Å². The lowest BCUT2D eigenvalue weighted by Crippen LogP contribution is -2.45. The highest BCUT2D eigenvalue weighted by Gasteiger charge is 2.51. The van der Waals surface area contributed by atoms with Crippen LogP contribution in [-0.4, -0.2) is 36.7 Å². The first-order valence-corrected chi connectivity index (χ1v) is 4.91. The zero-order chi connectivity index (χ0) is 11.6. The molecule has 0 aromatic heterocycles. The number of aliphatic hydroxyl groups excluding tert-OH is 1. The van der Waals surface area contributed by atoms with Crippen LogP contribution >= 0.6 is 0 Å². The van der Waals surface area contributed by atoms with Gasteiger partial charge in [-0.3, -0.25) is 4.79 Å². The average Bonchev–Trinajstić information content (AvgIpc) is 2.82. The van der Waals surface area contributed by atoms with E-state index in [1.165, 1.54) is 7.11 Å². The van der Waals surface area contributed by atoms with Gasteiger partial charge in [-0.05, 0) is 11.8 Å². The third kappa shape index (κ3) is 2.68. The van der Waals surface area contributed by atoms with Gasteiger partial charge in [0.15, 0.2) is 6.04 Å². The topological polar surface area (TPSA) is 75.6 Å². The van der Waals surface area contributed by atoms with Gasteiger partial charge in [0.05, 0.1) is 13.7 Å². The number of rotatable bonds is 4. The van der Waals surface area contributed by atoms with E-state index in [1.54, 1.807) is 0 Å². The molecule has 1 amide bonds. The third-order valence-corrected chi connectivity index (χ3v) is 2.81. The number of amides is 1. The summed E-state index contributed by atoms with van der Waals surface area (Å²) in [7, 11) is 1.22. The van der Waals surface area contributed by atoms with Crippen molar-refractivity contribution in [1.82, 2.24) is 5.32 Å². The highest BCUT2D eigenvalue weighted by Crippen LogP contribution is 2.51. The van der Waals surface area contributed by atoms with Gasteiger partial charge in [-0.2, -0.15) is 0 Å². The minimum absolute atomic E-state index is 0.0141. The summed E-state index contributed by atoms with van der Waals surface area (Å²) in [5.74, 6) is -0.870. The minimum atomic E-state index is -0.945. The van der Waals surface area contributed by atoms with Gasteiger partial charge in [-0.15, -0.1) is 0 Å². The van der Waals surface area contributed by atoms with Gasteiger partial charge in [0, 0.05) is 5.92 Å². The summed E-state index contributed by atoms with van der Waals surface area (Å²) in [6, 6.07) is -0.945. The Balaban J connectivity index is 2.46. The van der Waals surface area contributed by atoms with Crippen molar-refractivity contribution < 1.29 is 19.4 Å². The summed E-state index contributed by atoms with van der Waals surface area (Å²) >= 11 is 0. The molecule has 1 rings (SSSR count). The van der Waals surface area contributed by atoms with Gasteiger partial charge in [0.25, 0.3) is 0 Å². The van der Waals surface area contributed by atoms with Crippen LogP contribution in [0.5, 0.6) is 0 Å². The van der Waals surface area contributed by atoms with Crippen molar-refractivity contribution in [2.24, 2.45) is 11.3 Å². The van der Waals surface area contributed by atoms with Crippen LogP contribution in [0.1, 0.15) is 20.3 Å². The Morgan fingerprint density at radius 1 is 1.60 bits per heavy atom. The molecule has 1 aliphatic rings. The third-order valence-electron chi connectivity index (χ3n) is 2.81. The Kier molecular flexibility index (Phi) is 3.34. The fourth-order valence-electron chi connectivity index (χ4n) is 1.51. The van der Waals surface area contributed by atoms with Crippen molar-refractivity contribution >= 4 is 11.9 Å². The van der Waals surface area contributed by atoms with E-state index < -0.39 is 18.6 Å². The second-order valence-corrected chi connectivity index (χ2v) is 4.51. The highest BCUT2D eigenvalue weighted by atomic mass is 16.5. The number of esters is 1. The first-order chi connectivity index (χ1) is 6.92. The molecule has 15 heavy (non-hydrogen) atoms. The van der Waals surface area contributed by atoms with Gasteiger partial charge >= 0.3 is 5.97 Å². The Labute approximate surface area is 88.8 Å². The first kappa shape index (κ1) is 12.0. The fraction of sp³-hybridized carbons (Fsp3) is 0.800. The first-order valence-electron chi connectivity index (χ1n) is 4.91. The zero-order valence-electron chi connectivity index (χ0n) is 9.24. The van der Waals surface area contributed by atoms with Gasteiger partial charge in [0.2, 0.25) is 5.91 Å². The van der Waals surface area contributed by atoms with Crippen molar-refractivity contribution in [3.8, 4) is 0 Å². The number of carbonyl (C=O) groups is 2. The largest absolute Gasteiger partial charge is 0.467 e. The van der Waals surface area contributed by atoms with E-state index in [-0.39, 0.29) is 17.2 Å². The van der Waals surface area contributed by atoms with E-state index in [0.29, 0.717) is 0 Å². The lowest BCUT2D eigenvalue weighted by Gasteiger charge is -2.14. The molecule has 1 aliphatic carbocycles. The van der Waals surface area contributed by atoms with E-state index in [0.717, 1.165) is 6.42 Å². The molecule has 0 heterocycles. The van der Waals surface area contributed by atoms with Crippen LogP contribution in [0.3, 0.4) is 0 Å². The van der Waals surface area contributed by atoms with Crippen LogP contribution in [0.4, 0.5) is 0 Å². The van der Waals surface area contributed by atoms with Crippen LogP contribution in [0.15, 0.2) is 0 Å². The molecule has 86 valence electrons. The Morgan fingerprint density at radius 2 is 2.13 bits per heavy atom. The summed E-state index contributed by atoms with van der Waals surface area (Å²) in [4.78, 5) is 22.7. The maximum absolute atomic E-state index is 11.6. The van der Waals surface area contributed by atoms with Crippen molar-refractivity contribution in [1.29, 1.82) is 0 Å². The van der Waals surface area contributed by atoms with E-state index in [4.69, 9.17) is 5.11 Å². The molecule has 0 aromatic carbocycles. The predicted molar refractivity (Wildman–Crippen MR) is 52.9 cm³/mol. The molecule has 0 aliphatic heterocycles. The zero-order valence-corrected chi connectivity index (χ0v) is 9.24. The van der Waals surface area contributed by atoms with E-state index in [1.807, 2.05) is 13.8 Å². The summed E-state index contributed by atoms with van der Waals surface area (Å²) < 4.78 is 4.44. The molecule has 1 saturated carbocycles. The monoisotopic (exact) mass is 215 g/mol. The Hall–Kier alpha value is -1.10. The molecule has 0 bridgehead atoms. The van der Waals surface area contributed by atoms with Crippen molar-refractivity contribution in [2.75, 3.05) is 13.7 Å². The predicted octanol–water partition coefficient (Wildman–Crippen LogP) is -0.317. The maximum Gasteiger partial charge on any atom is 0.330 e. The van der Waals surface area contributed by atoms with Gasteiger partial charge in [-0.1, -0.05) is 13.8 Å². The Morgan fingerprint density at radius 3 is 2.47 bits per heavy atom. The molecule has 5 nitrogen and oxygen atoms in total. The number of methoxy groups -OCH3 is 1.